The van der Waals surface area contributed by atoms with Crippen LogP contribution in [0.5, 0.6) is 0 Å². The van der Waals surface area contributed by atoms with E-state index in [0.717, 1.165) is 25.9 Å². The van der Waals surface area contributed by atoms with Crippen LogP contribution in [-0.4, -0.2) is 35.1 Å². The minimum atomic E-state index is -0.644. The minimum Gasteiger partial charge on any atom is -0.481 e. The summed E-state index contributed by atoms with van der Waals surface area (Å²) in [4.78, 5) is 13.8. The molecule has 0 radical (unpaired) electrons. The molecule has 0 aromatic heterocycles. The molecule has 222 valence electrons. The summed E-state index contributed by atoms with van der Waals surface area (Å²) in [7, 11) is 0. The van der Waals surface area contributed by atoms with E-state index < -0.39 is 5.97 Å². The van der Waals surface area contributed by atoms with Crippen LogP contribution in [0.15, 0.2) is 0 Å². The third-order valence-corrected chi connectivity index (χ3v) is 8.28. The Hall–Kier alpha value is -0.570. The Morgan fingerprint density at radius 2 is 0.811 bits per heavy atom. The molecule has 0 aromatic rings. The first-order chi connectivity index (χ1) is 18.2. The van der Waals surface area contributed by atoms with Gasteiger partial charge in [0.25, 0.3) is 0 Å². The molecule has 0 aliphatic carbocycles. The standard InChI is InChI=1S/C34H69NO2/c1-4-7-9-11-13-15-17-19-21-23-25-27-31-35(33(6-3)29-30-34(36)37)32-28-26-24-22-20-18-16-14-12-10-8-5-2/h33H,4-32H2,1-3H3,(H,36,37). The zero-order chi connectivity index (χ0) is 27.2. The van der Waals surface area contributed by atoms with Crippen LogP contribution in [-0.2, 0) is 4.79 Å². The Morgan fingerprint density at radius 1 is 0.514 bits per heavy atom. The minimum absolute atomic E-state index is 0.311. The molecule has 37 heavy (non-hydrogen) atoms. The fourth-order valence-corrected chi connectivity index (χ4v) is 5.72. The summed E-state index contributed by atoms with van der Waals surface area (Å²) in [5.74, 6) is -0.644. The van der Waals surface area contributed by atoms with Gasteiger partial charge in [0.05, 0.1) is 0 Å². The van der Waals surface area contributed by atoms with Crippen LogP contribution in [0, 0.1) is 0 Å². The molecule has 3 nitrogen and oxygen atoms in total. The van der Waals surface area contributed by atoms with E-state index in [1.807, 2.05) is 0 Å². The normalized spacial score (nSPS) is 12.4. The zero-order valence-corrected chi connectivity index (χ0v) is 25.9. The van der Waals surface area contributed by atoms with E-state index in [1.165, 1.54) is 154 Å². The van der Waals surface area contributed by atoms with Crippen LogP contribution in [0.1, 0.15) is 194 Å². The molecule has 0 aliphatic rings. The van der Waals surface area contributed by atoms with Crippen LogP contribution >= 0.6 is 0 Å². The molecule has 0 rings (SSSR count). The molecular weight excluding hydrogens is 454 g/mol. The van der Waals surface area contributed by atoms with Gasteiger partial charge in [-0.3, -0.25) is 4.79 Å². The lowest BCUT2D eigenvalue weighted by Crippen LogP contribution is -2.37. The molecule has 0 amide bonds. The number of nitrogens with zero attached hydrogens (tertiary/aromatic N) is 1. The maximum absolute atomic E-state index is 11.2. The average Bonchev–Trinajstić information content (AvgIpc) is 2.89. The molecule has 0 spiro atoms. The van der Waals surface area contributed by atoms with Gasteiger partial charge in [0.1, 0.15) is 0 Å². The molecule has 0 heterocycles. The van der Waals surface area contributed by atoms with Crippen LogP contribution in [0.3, 0.4) is 0 Å². The van der Waals surface area contributed by atoms with Crippen molar-refractivity contribution >= 4 is 5.97 Å². The molecule has 3 heteroatoms. The third-order valence-electron chi connectivity index (χ3n) is 8.28. The first-order valence-corrected chi connectivity index (χ1v) is 17.1. The van der Waals surface area contributed by atoms with Crippen molar-refractivity contribution in [2.75, 3.05) is 13.1 Å². The predicted octanol–water partition coefficient (Wildman–Crippen LogP) is 11.3. The van der Waals surface area contributed by atoms with Crippen molar-refractivity contribution in [3.8, 4) is 0 Å². The smallest absolute Gasteiger partial charge is 0.303 e. The summed E-state index contributed by atoms with van der Waals surface area (Å²) in [6.07, 6.45) is 35.5. The molecule has 0 aromatic carbocycles. The summed E-state index contributed by atoms with van der Waals surface area (Å²) >= 11 is 0. The van der Waals surface area contributed by atoms with Gasteiger partial charge in [-0.15, -0.1) is 0 Å². The number of hydrogen-bond donors (Lipinski definition) is 1. The SMILES string of the molecule is CCCCCCCCCCCCCCN(CCCCCCCCCCCCCC)C(CC)CCC(=O)O. The van der Waals surface area contributed by atoms with Gasteiger partial charge in [0.15, 0.2) is 0 Å². The molecule has 1 unspecified atom stereocenters. The highest BCUT2D eigenvalue weighted by Crippen LogP contribution is 2.17. The topological polar surface area (TPSA) is 40.5 Å². The Balaban J connectivity index is 3.98. The van der Waals surface area contributed by atoms with E-state index >= 15 is 0 Å². The van der Waals surface area contributed by atoms with E-state index in [-0.39, 0.29) is 0 Å². The fraction of sp³-hybridized carbons (Fsp3) is 0.971. The molecule has 0 saturated carbocycles. The van der Waals surface area contributed by atoms with Crippen LogP contribution < -0.4 is 0 Å². The third kappa shape index (κ3) is 26.8. The van der Waals surface area contributed by atoms with Crippen molar-refractivity contribution in [3.05, 3.63) is 0 Å². The summed E-state index contributed by atoms with van der Waals surface area (Å²) in [6.45, 7) is 9.14. The summed E-state index contributed by atoms with van der Waals surface area (Å²) < 4.78 is 0. The van der Waals surface area contributed by atoms with Crippen molar-refractivity contribution < 1.29 is 9.90 Å². The van der Waals surface area contributed by atoms with Crippen molar-refractivity contribution in [2.45, 2.75) is 200 Å². The largest absolute Gasteiger partial charge is 0.481 e. The van der Waals surface area contributed by atoms with Gasteiger partial charge >= 0.3 is 5.97 Å². The van der Waals surface area contributed by atoms with Crippen LogP contribution in [0.2, 0.25) is 0 Å². The van der Waals surface area contributed by atoms with Gasteiger partial charge in [0, 0.05) is 12.5 Å². The monoisotopic (exact) mass is 524 g/mol. The van der Waals surface area contributed by atoms with Gasteiger partial charge in [-0.2, -0.15) is 0 Å². The molecule has 0 bridgehead atoms. The van der Waals surface area contributed by atoms with Crippen molar-refractivity contribution in [2.24, 2.45) is 0 Å². The Labute approximate surface area is 233 Å². The lowest BCUT2D eigenvalue weighted by atomic mass is 10.0. The van der Waals surface area contributed by atoms with Gasteiger partial charge in [-0.25, -0.2) is 0 Å². The van der Waals surface area contributed by atoms with E-state index in [4.69, 9.17) is 0 Å². The molecule has 1 atom stereocenters. The highest BCUT2D eigenvalue weighted by Gasteiger charge is 2.17. The number of carbonyl (C=O) groups is 1. The maximum atomic E-state index is 11.2. The van der Waals surface area contributed by atoms with E-state index in [1.54, 1.807) is 0 Å². The number of rotatable bonds is 31. The maximum Gasteiger partial charge on any atom is 0.303 e. The van der Waals surface area contributed by atoms with Gasteiger partial charge < -0.3 is 10.0 Å². The van der Waals surface area contributed by atoms with Crippen molar-refractivity contribution in [3.63, 3.8) is 0 Å². The zero-order valence-electron chi connectivity index (χ0n) is 25.9. The Morgan fingerprint density at radius 3 is 1.08 bits per heavy atom. The molecule has 0 aliphatic heterocycles. The van der Waals surface area contributed by atoms with Gasteiger partial charge in [-0.05, 0) is 38.8 Å². The highest BCUT2D eigenvalue weighted by molar-refractivity contribution is 5.66. The number of aliphatic carboxylic acids is 1. The Kier molecular flexibility index (Phi) is 29.5. The second-order valence-corrected chi connectivity index (χ2v) is 11.8. The molecular formula is C34H69NO2. The number of carboxylic acids is 1. The first kappa shape index (κ1) is 36.4. The number of unbranched alkanes of at least 4 members (excludes halogenated alkanes) is 22. The summed E-state index contributed by atoms with van der Waals surface area (Å²) in [6, 6.07) is 0.441. The van der Waals surface area contributed by atoms with Crippen molar-refractivity contribution in [1.29, 1.82) is 0 Å². The number of hydrogen-bond acceptors (Lipinski definition) is 2. The second-order valence-electron chi connectivity index (χ2n) is 11.8. The summed E-state index contributed by atoms with van der Waals surface area (Å²) in [5.41, 5.74) is 0. The van der Waals surface area contributed by atoms with Gasteiger partial charge in [0.2, 0.25) is 0 Å². The second kappa shape index (κ2) is 30.0. The Bertz CT molecular complexity index is 425. The highest BCUT2D eigenvalue weighted by atomic mass is 16.4. The average molecular weight is 524 g/mol. The quantitative estimate of drug-likeness (QED) is 0.0918. The van der Waals surface area contributed by atoms with E-state index in [2.05, 4.69) is 25.7 Å². The predicted molar refractivity (Wildman–Crippen MR) is 165 cm³/mol. The molecule has 0 saturated heterocycles. The lowest BCUT2D eigenvalue weighted by Gasteiger charge is -2.31. The lowest BCUT2D eigenvalue weighted by molar-refractivity contribution is -0.137. The molecule has 0 fully saturated rings. The van der Waals surface area contributed by atoms with Gasteiger partial charge in [-0.1, -0.05) is 162 Å². The van der Waals surface area contributed by atoms with Crippen LogP contribution in [0.4, 0.5) is 0 Å². The number of carboxylic acid groups (broad SMARTS) is 1. The fourth-order valence-electron chi connectivity index (χ4n) is 5.72. The van der Waals surface area contributed by atoms with E-state index in [0.29, 0.717) is 12.5 Å². The molecule has 1 N–H and O–H groups in total. The first-order valence-electron chi connectivity index (χ1n) is 17.1. The van der Waals surface area contributed by atoms with E-state index in [9.17, 15) is 9.90 Å². The van der Waals surface area contributed by atoms with Crippen LogP contribution in [0.25, 0.3) is 0 Å². The van der Waals surface area contributed by atoms with Crippen molar-refractivity contribution in [1.82, 2.24) is 4.90 Å². The summed E-state index contributed by atoms with van der Waals surface area (Å²) in [5, 5.41) is 9.20.